The smallest absolute Gasteiger partial charge is 0.136 e. The standard InChI is InChI=1S/C50H33NO/c1-3-14-42-34(10-1)12-7-17-44(42)36-22-28-39(29-23-36)51(40-30-24-37(25-31-40)45-18-8-13-35-11-2-4-15-43(35)45)41-32-26-38(27-33-41)46-19-9-21-49-50(46)47-16-5-6-20-48(47)52-49/h1-33H/i22D,23D,24D,25D,26D,27D. The molecule has 2 heteroatoms. The van der Waals surface area contributed by atoms with E-state index in [0.29, 0.717) is 44.9 Å². The van der Waals surface area contributed by atoms with E-state index >= 15 is 0 Å². The van der Waals surface area contributed by atoms with Crippen LogP contribution in [0.1, 0.15) is 8.22 Å². The topological polar surface area (TPSA) is 16.4 Å². The molecule has 0 fully saturated rings. The normalized spacial score (nSPS) is 13.1. The molecule has 52 heavy (non-hydrogen) atoms. The molecule has 0 spiro atoms. The first-order valence-corrected chi connectivity index (χ1v) is 17.3. The van der Waals surface area contributed by atoms with Crippen LogP contribution in [0.5, 0.6) is 0 Å². The molecule has 2 nitrogen and oxygen atoms in total. The Morgan fingerprint density at radius 2 is 0.731 bits per heavy atom. The summed E-state index contributed by atoms with van der Waals surface area (Å²) in [4.78, 5) is 1.75. The Morgan fingerprint density at radius 3 is 1.27 bits per heavy atom. The Bertz CT molecular complexity index is 3070. The summed E-state index contributed by atoms with van der Waals surface area (Å²) in [5.41, 5.74) is 6.34. The molecule has 1 aromatic heterocycles. The summed E-state index contributed by atoms with van der Waals surface area (Å²) in [5.74, 6) is 0. The fourth-order valence-corrected chi connectivity index (χ4v) is 7.30. The van der Waals surface area contributed by atoms with Crippen LogP contribution in [-0.4, -0.2) is 0 Å². The lowest BCUT2D eigenvalue weighted by Crippen LogP contribution is -2.09. The number of anilines is 3. The Hall–Kier alpha value is -6.90. The van der Waals surface area contributed by atoms with E-state index in [1.54, 1.807) is 41.3 Å². The molecular weight excluding hydrogens is 631 g/mol. The van der Waals surface area contributed by atoms with Crippen molar-refractivity contribution in [2.75, 3.05) is 4.90 Å². The predicted octanol–water partition coefficient (Wildman–Crippen LogP) is 14.4. The summed E-state index contributed by atoms with van der Waals surface area (Å²) < 4.78 is 62.4. The van der Waals surface area contributed by atoms with Crippen molar-refractivity contribution in [1.29, 1.82) is 0 Å². The lowest BCUT2D eigenvalue weighted by atomic mass is 9.97. The van der Waals surface area contributed by atoms with E-state index in [4.69, 9.17) is 4.42 Å². The van der Waals surface area contributed by atoms with Crippen LogP contribution < -0.4 is 4.90 Å². The Kier molecular flexibility index (Phi) is 5.82. The minimum absolute atomic E-state index is 0.0967. The third-order valence-electron chi connectivity index (χ3n) is 9.75. The van der Waals surface area contributed by atoms with Crippen molar-refractivity contribution >= 4 is 60.5 Å². The number of para-hydroxylation sites is 1. The second-order valence-corrected chi connectivity index (χ2v) is 12.8. The zero-order chi connectivity index (χ0) is 39.7. The van der Waals surface area contributed by atoms with Crippen molar-refractivity contribution in [3.8, 4) is 33.4 Å². The Labute approximate surface area is 310 Å². The van der Waals surface area contributed by atoms with Gasteiger partial charge in [-0.05, 0) is 103 Å². The van der Waals surface area contributed by atoms with E-state index in [-0.39, 0.29) is 36.3 Å². The molecular formula is C50H33NO. The van der Waals surface area contributed by atoms with Gasteiger partial charge in [-0.15, -0.1) is 0 Å². The Morgan fingerprint density at radius 1 is 0.346 bits per heavy atom. The number of rotatable bonds is 6. The van der Waals surface area contributed by atoms with E-state index < -0.39 is 0 Å². The maximum Gasteiger partial charge on any atom is 0.136 e. The first-order chi connectivity index (χ1) is 28.2. The van der Waals surface area contributed by atoms with E-state index in [0.717, 1.165) is 49.0 Å². The summed E-state index contributed by atoms with van der Waals surface area (Å²) in [6, 6.07) is 51.7. The van der Waals surface area contributed by atoms with Gasteiger partial charge < -0.3 is 9.32 Å². The lowest BCUT2D eigenvalue weighted by molar-refractivity contribution is 0.669. The average molecular weight is 670 g/mol. The predicted molar refractivity (Wildman–Crippen MR) is 220 cm³/mol. The SMILES string of the molecule is [2H]c1cc(N(c2cc([2H])c(-c3cccc4ccccc34)c([2H])c2)c2cc([2H])c(-c3cccc4oc5ccccc5c34)c([2H])c2)cc([2H])c1-c1cccc2ccccc12. The van der Waals surface area contributed by atoms with Gasteiger partial charge in [0.05, 0.1) is 8.22 Å². The number of hydrogen-bond acceptors (Lipinski definition) is 2. The second-order valence-electron chi connectivity index (χ2n) is 12.8. The number of benzene rings is 9. The van der Waals surface area contributed by atoms with E-state index in [1.165, 1.54) is 0 Å². The molecule has 0 bridgehead atoms. The number of hydrogen-bond donors (Lipinski definition) is 0. The van der Waals surface area contributed by atoms with Gasteiger partial charge in [0.1, 0.15) is 11.2 Å². The van der Waals surface area contributed by atoms with Crippen LogP contribution in [0.25, 0.3) is 76.9 Å². The molecule has 0 saturated heterocycles. The fraction of sp³-hybridized carbons (Fsp3) is 0. The number of fused-ring (bicyclic) bond motifs is 5. The summed E-state index contributed by atoms with van der Waals surface area (Å²) in [7, 11) is 0. The molecule has 0 aliphatic carbocycles. The molecule has 9 aromatic carbocycles. The van der Waals surface area contributed by atoms with Crippen molar-refractivity contribution in [2.45, 2.75) is 0 Å². The second kappa shape index (κ2) is 12.5. The van der Waals surface area contributed by atoms with Crippen LogP contribution in [0.2, 0.25) is 0 Å². The monoisotopic (exact) mass is 669 g/mol. The maximum absolute atomic E-state index is 9.43. The van der Waals surface area contributed by atoms with Gasteiger partial charge in [-0.2, -0.15) is 0 Å². The average Bonchev–Trinajstić information content (AvgIpc) is 3.60. The van der Waals surface area contributed by atoms with Crippen molar-refractivity contribution in [3.05, 3.63) is 200 Å². The summed E-state index contributed by atoms with van der Waals surface area (Å²) in [6.07, 6.45) is 0. The third kappa shape index (κ3) is 5.12. The van der Waals surface area contributed by atoms with Crippen LogP contribution in [0.3, 0.4) is 0 Å². The minimum Gasteiger partial charge on any atom is -0.456 e. The zero-order valence-electron chi connectivity index (χ0n) is 33.9. The highest BCUT2D eigenvalue weighted by Crippen LogP contribution is 2.41. The first kappa shape index (κ1) is 24.3. The van der Waals surface area contributed by atoms with E-state index in [2.05, 4.69) is 0 Å². The lowest BCUT2D eigenvalue weighted by Gasteiger charge is -2.26. The largest absolute Gasteiger partial charge is 0.456 e. The minimum atomic E-state index is 0.0967. The maximum atomic E-state index is 9.43. The highest BCUT2D eigenvalue weighted by molar-refractivity contribution is 6.12. The van der Waals surface area contributed by atoms with Gasteiger partial charge in [-0.25, -0.2) is 0 Å². The fourth-order valence-electron chi connectivity index (χ4n) is 7.30. The molecule has 0 N–H and O–H groups in total. The Balaban J connectivity index is 1.17. The van der Waals surface area contributed by atoms with Gasteiger partial charge in [-0.1, -0.05) is 152 Å². The van der Waals surface area contributed by atoms with Gasteiger partial charge >= 0.3 is 0 Å². The number of nitrogens with zero attached hydrogens (tertiary/aromatic N) is 1. The van der Waals surface area contributed by atoms with E-state index in [9.17, 15) is 8.22 Å². The van der Waals surface area contributed by atoms with Crippen LogP contribution in [0.15, 0.2) is 204 Å². The molecule has 10 rings (SSSR count). The molecule has 0 aliphatic rings. The molecule has 0 unspecified atom stereocenters. The summed E-state index contributed by atoms with van der Waals surface area (Å²) in [6.45, 7) is 0. The third-order valence-corrected chi connectivity index (χ3v) is 9.75. The molecule has 0 saturated carbocycles. The molecule has 0 amide bonds. The highest BCUT2D eigenvalue weighted by atomic mass is 16.3. The van der Waals surface area contributed by atoms with Gasteiger partial charge in [-0.3, -0.25) is 0 Å². The quantitative estimate of drug-likeness (QED) is 0.175. The van der Waals surface area contributed by atoms with Crippen LogP contribution >= 0.6 is 0 Å². The van der Waals surface area contributed by atoms with Gasteiger partial charge in [0.25, 0.3) is 0 Å². The summed E-state index contributed by atoms with van der Waals surface area (Å²) in [5, 5.41) is 5.61. The molecule has 244 valence electrons. The van der Waals surface area contributed by atoms with Crippen molar-refractivity contribution < 1.29 is 12.6 Å². The first-order valence-electron chi connectivity index (χ1n) is 20.3. The van der Waals surface area contributed by atoms with Crippen molar-refractivity contribution in [2.24, 2.45) is 0 Å². The van der Waals surface area contributed by atoms with Crippen LogP contribution in [-0.2, 0) is 0 Å². The zero-order valence-corrected chi connectivity index (χ0v) is 27.9. The van der Waals surface area contributed by atoms with Crippen molar-refractivity contribution in [3.63, 3.8) is 0 Å². The van der Waals surface area contributed by atoms with Gasteiger partial charge in [0, 0.05) is 27.8 Å². The van der Waals surface area contributed by atoms with Gasteiger partial charge in [0.15, 0.2) is 0 Å². The van der Waals surface area contributed by atoms with Crippen LogP contribution in [0, 0.1) is 0 Å². The highest BCUT2D eigenvalue weighted by Gasteiger charge is 2.16. The molecule has 0 radical (unpaired) electrons. The van der Waals surface area contributed by atoms with E-state index in [1.807, 2.05) is 127 Å². The number of furan rings is 1. The van der Waals surface area contributed by atoms with Gasteiger partial charge in [0.2, 0.25) is 0 Å². The molecule has 0 atom stereocenters. The molecule has 0 aliphatic heterocycles. The van der Waals surface area contributed by atoms with Crippen LogP contribution in [0.4, 0.5) is 17.1 Å². The molecule has 1 heterocycles. The molecule has 10 aromatic rings. The summed E-state index contributed by atoms with van der Waals surface area (Å²) >= 11 is 0. The van der Waals surface area contributed by atoms with Crippen molar-refractivity contribution in [1.82, 2.24) is 0 Å².